The molecule has 0 aliphatic carbocycles. The van der Waals surface area contributed by atoms with Gasteiger partial charge in [-0.15, -0.1) is 0 Å². The van der Waals surface area contributed by atoms with Crippen LogP contribution in [0.25, 0.3) is 0 Å². The van der Waals surface area contributed by atoms with Gasteiger partial charge in [0.05, 0.1) is 0 Å². The topological polar surface area (TPSA) is 57.6 Å². The molecule has 0 bridgehead atoms. The van der Waals surface area contributed by atoms with Gasteiger partial charge in [-0.05, 0) is 19.5 Å². The molecule has 0 saturated carbocycles. The zero-order valence-corrected chi connectivity index (χ0v) is 11.2. The number of nitrogens with zero attached hydrogens (tertiary/aromatic N) is 1. The normalized spacial score (nSPS) is 27.0. The molecule has 0 spiro atoms. The maximum Gasteiger partial charge on any atom is 0.318 e. The molecule has 4 nitrogen and oxygen atoms in total. The summed E-state index contributed by atoms with van der Waals surface area (Å²) in [4.78, 5) is 24.1. The average molecular weight is 273 g/mol. The van der Waals surface area contributed by atoms with E-state index in [9.17, 15) is 9.59 Å². The standard InChI is InChI=1S/C9H14NO3.Y/c1-3-7(11)9(8(12)13)4-5-10(2)6-9;/h2-6H2,1H3,(H,12,13);/q-1;. The van der Waals surface area contributed by atoms with Crippen molar-refractivity contribution in [2.45, 2.75) is 19.8 Å². The van der Waals surface area contributed by atoms with E-state index >= 15 is 0 Å². The summed E-state index contributed by atoms with van der Waals surface area (Å²) >= 11 is 0. The number of rotatable bonds is 3. The number of hydrogen-bond donors (Lipinski definition) is 1. The first-order valence-electron chi connectivity index (χ1n) is 4.35. The molecule has 0 aromatic rings. The van der Waals surface area contributed by atoms with Crippen molar-refractivity contribution in [2.75, 3.05) is 13.1 Å². The Bertz CT molecular complexity index is 244. The summed E-state index contributed by atoms with van der Waals surface area (Å²) in [5.41, 5.74) is -1.18. The molecular formula is C9H14NO3Y-. The van der Waals surface area contributed by atoms with Gasteiger partial charge in [0.15, 0.2) is 5.78 Å². The number of carboxylic acid groups (broad SMARTS) is 1. The van der Waals surface area contributed by atoms with Crippen LogP contribution in [-0.4, -0.2) is 34.8 Å². The Morgan fingerprint density at radius 3 is 2.43 bits per heavy atom. The molecule has 0 amide bonds. The van der Waals surface area contributed by atoms with Crippen molar-refractivity contribution >= 4 is 11.8 Å². The summed E-state index contributed by atoms with van der Waals surface area (Å²) in [6, 6.07) is 0. The maximum absolute atomic E-state index is 11.5. The molecule has 5 heteroatoms. The summed E-state index contributed by atoms with van der Waals surface area (Å²) in [6.07, 6.45) is 0.665. The molecule has 0 aromatic carbocycles. The second-order valence-corrected chi connectivity index (χ2v) is 3.47. The second kappa shape index (κ2) is 5.33. The van der Waals surface area contributed by atoms with Crippen molar-refractivity contribution in [3.8, 4) is 0 Å². The molecule has 1 rings (SSSR count). The molecule has 1 heterocycles. The SMILES string of the molecule is [CH2-]N1CCC(C(=O)O)(C(=O)CC)C1.[Y]. The van der Waals surface area contributed by atoms with E-state index in [4.69, 9.17) is 5.11 Å². The first-order valence-corrected chi connectivity index (χ1v) is 4.35. The van der Waals surface area contributed by atoms with E-state index in [1.165, 1.54) is 0 Å². The Labute approximate surface area is 109 Å². The van der Waals surface area contributed by atoms with Crippen molar-refractivity contribution < 1.29 is 47.4 Å². The van der Waals surface area contributed by atoms with Crippen LogP contribution in [0, 0.1) is 12.5 Å². The number of hydrogen-bond acceptors (Lipinski definition) is 3. The minimum Gasteiger partial charge on any atom is -0.480 e. The number of carboxylic acids is 1. The van der Waals surface area contributed by atoms with Crippen molar-refractivity contribution in [2.24, 2.45) is 5.41 Å². The largest absolute Gasteiger partial charge is 0.480 e. The van der Waals surface area contributed by atoms with Crippen LogP contribution in [-0.2, 0) is 42.3 Å². The number of aliphatic carboxylic acids is 1. The molecule has 1 fully saturated rings. The van der Waals surface area contributed by atoms with Crippen LogP contribution in [0.5, 0.6) is 0 Å². The first kappa shape index (κ1) is 14.2. The number of ketones is 1. The van der Waals surface area contributed by atoms with Crippen LogP contribution in [0.2, 0.25) is 0 Å². The fourth-order valence-electron chi connectivity index (χ4n) is 1.75. The zero-order chi connectivity index (χ0) is 10.1. The first-order chi connectivity index (χ1) is 6.03. The fourth-order valence-corrected chi connectivity index (χ4v) is 1.75. The van der Waals surface area contributed by atoms with E-state index in [-0.39, 0.29) is 51.5 Å². The van der Waals surface area contributed by atoms with Crippen LogP contribution >= 0.6 is 0 Å². The van der Waals surface area contributed by atoms with Gasteiger partial charge in [-0.2, -0.15) is 0 Å². The van der Waals surface area contributed by atoms with Crippen LogP contribution in [0.3, 0.4) is 0 Å². The predicted molar refractivity (Wildman–Crippen MR) is 46.9 cm³/mol. The second-order valence-electron chi connectivity index (χ2n) is 3.47. The third-order valence-electron chi connectivity index (χ3n) is 2.61. The van der Waals surface area contributed by atoms with E-state index in [2.05, 4.69) is 7.05 Å². The monoisotopic (exact) mass is 273 g/mol. The van der Waals surface area contributed by atoms with Crippen molar-refractivity contribution in [3.63, 3.8) is 0 Å². The van der Waals surface area contributed by atoms with E-state index in [1.807, 2.05) is 0 Å². The van der Waals surface area contributed by atoms with Gasteiger partial charge in [-0.1, -0.05) is 6.92 Å². The Hall–Kier alpha value is 0.204. The molecular weight excluding hydrogens is 259 g/mol. The molecule has 1 aliphatic heterocycles. The summed E-state index contributed by atoms with van der Waals surface area (Å²) in [6.45, 7) is 2.52. The number of Topliss-reactive ketones (excluding diaryl/α,β-unsaturated/α-hetero) is 1. The van der Waals surface area contributed by atoms with Crippen molar-refractivity contribution in [3.05, 3.63) is 7.05 Å². The zero-order valence-electron chi connectivity index (χ0n) is 8.32. The van der Waals surface area contributed by atoms with Crippen LogP contribution < -0.4 is 0 Å². The van der Waals surface area contributed by atoms with E-state index in [0.717, 1.165) is 0 Å². The number of carbonyl (C=O) groups excluding carboxylic acids is 1. The average Bonchev–Trinajstić information content (AvgIpc) is 2.47. The Morgan fingerprint density at radius 2 is 2.14 bits per heavy atom. The Morgan fingerprint density at radius 1 is 1.57 bits per heavy atom. The molecule has 1 radical (unpaired) electrons. The van der Waals surface area contributed by atoms with Gasteiger partial charge >= 0.3 is 5.97 Å². The third-order valence-corrected chi connectivity index (χ3v) is 2.61. The molecule has 1 atom stereocenters. The van der Waals surface area contributed by atoms with Gasteiger partial charge in [0.25, 0.3) is 0 Å². The van der Waals surface area contributed by atoms with Gasteiger partial charge < -0.3 is 10.0 Å². The minimum absolute atomic E-state index is 0. The number of carbonyl (C=O) groups is 2. The summed E-state index contributed by atoms with van der Waals surface area (Å²) < 4.78 is 0. The van der Waals surface area contributed by atoms with Gasteiger partial charge in [0, 0.05) is 39.1 Å². The summed E-state index contributed by atoms with van der Waals surface area (Å²) in [7, 11) is 3.65. The fraction of sp³-hybridized carbons (Fsp3) is 0.667. The smallest absolute Gasteiger partial charge is 0.318 e. The quantitative estimate of drug-likeness (QED) is 0.602. The molecule has 14 heavy (non-hydrogen) atoms. The predicted octanol–water partition coefficient (Wildman–Crippen LogP) is 0.531. The van der Waals surface area contributed by atoms with E-state index in [1.54, 1.807) is 11.8 Å². The van der Waals surface area contributed by atoms with Crippen molar-refractivity contribution in [1.29, 1.82) is 0 Å². The van der Waals surface area contributed by atoms with E-state index < -0.39 is 11.4 Å². The molecule has 1 aliphatic rings. The van der Waals surface area contributed by atoms with Gasteiger partial charge in [-0.3, -0.25) is 16.6 Å². The van der Waals surface area contributed by atoms with Crippen LogP contribution in [0.4, 0.5) is 0 Å². The number of likely N-dealkylation sites (tertiary alicyclic amines) is 1. The third kappa shape index (κ3) is 2.41. The maximum atomic E-state index is 11.5. The summed E-state index contributed by atoms with van der Waals surface area (Å²) in [5.74, 6) is -1.20. The van der Waals surface area contributed by atoms with Crippen LogP contribution in [0.1, 0.15) is 19.8 Å². The van der Waals surface area contributed by atoms with Gasteiger partial charge in [0.2, 0.25) is 0 Å². The minimum atomic E-state index is -1.18. The Kier molecular flexibility index (Phi) is 5.41. The molecule has 1 N–H and O–H groups in total. The van der Waals surface area contributed by atoms with E-state index in [0.29, 0.717) is 13.0 Å². The van der Waals surface area contributed by atoms with Gasteiger partial charge in [0.1, 0.15) is 5.41 Å². The van der Waals surface area contributed by atoms with Crippen LogP contribution in [0.15, 0.2) is 0 Å². The Balaban J connectivity index is 0.00000169. The van der Waals surface area contributed by atoms with Gasteiger partial charge in [-0.25, -0.2) is 0 Å². The molecule has 1 saturated heterocycles. The molecule has 0 aromatic heterocycles. The van der Waals surface area contributed by atoms with Crippen molar-refractivity contribution in [1.82, 2.24) is 4.90 Å². The summed E-state index contributed by atoms with van der Waals surface area (Å²) in [5, 5.41) is 9.01. The molecule has 77 valence electrons. The molecule has 1 unspecified atom stereocenters.